The number of hydrazine groups is 1. The van der Waals surface area contributed by atoms with Crippen LogP contribution in [0.2, 0.25) is 0 Å². The number of thiocarbonyl (C=S) groups is 1. The zero-order valence-electron chi connectivity index (χ0n) is 81.5. The van der Waals surface area contributed by atoms with Crippen molar-refractivity contribution in [1.29, 1.82) is 0 Å². The third-order valence-corrected chi connectivity index (χ3v) is 21.6. The number of halogens is 1. The van der Waals surface area contributed by atoms with Crippen LogP contribution in [0, 0.1) is 29.8 Å². The molecule has 0 spiro atoms. The lowest BCUT2D eigenvalue weighted by molar-refractivity contribution is -0.385. The number of nitro benzene ring substituents is 2. The van der Waals surface area contributed by atoms with E-state index in [0.717, 1.165) is 140 Å². The van der Waals surface area contributed by atoms with E-state index >= 15 is 0 Å². The van der Waals surface area contributed by atoms with Crippen molar-refractivity contribution in [3.8, 4) is 97.4 Å². The lowest BCUT2D eigenvalue weighted by atomic mass is 9.98. The van der Waals surface area contributed by atoms with E-state index in [9.17, 15) is 55.7 Å². The predicted octanol–water partition coefficient (Wildman–Crippen LogP) is 15.3. The highest BCUT2D eigenvalue weighted by atomic mass is 79.9. The second-order valence-corrected chi connectivity index (χ2v) is 34.7. The lowest BCUT2D eigenvalue weighted by Gasteiger charge is -2.24. The number of aliphatic imine (C=N–C) groups is 1. The zero-order chi connectivity index (χ0) is 101. The number of anilines is 4. The van der Waals surface area contributed by atoms with Gasteiger partial charge >= 0.3 is 0 Å². The summed E-state index contributed by atoms with van der Waals surface area (Å²) in [6.07, 6.45) is 0. The number of rotatable bonds is 35. The van der Waals surface area contributed by atoms with Gasteiger partial charge in [-0.1, -0.05) is 41.5 Å². The van der Waals surface area contributed by atoms with Gasteiger partial charge in [-0.15, -0.1) is 0 Å². The van der Waals surface area contributed by atoms with Crippen LogP contribution in [0.25, 0.3) is 34.2 Å². The minimum absolute atomic E-state index is 0.0314. The third-order valence-electron chi connectivity index (χ3n) is 20.4. The van der Waals surface area contributed by atoms with Gasteiger partial charge in [0.25, 0.3) is 17.3 Å². The number of methoxy groups -OCH3 is 5. The number of ether oxygens (including phenoxy) is 5. The summed E-state index contributed by atoms with van der Waals surface area (Å²) in [5.74, 6) is 8.69. The molecule has 0 aliphatic carbocycles. The second-order valence-electron chi connectivity index (χ2n) is 32.9. The Balaban J connectivity index is 0.000000342. The summed E-state index contributed by atoms with van der Waals surface area (Å²) < 4.78 is 31.6. The highest BCUT2D eigenvalue weighted by Gasteiger charge is 2.25. The van der Waals surface area contributed by atoms with Crippen LogP contribution in [0.5, 0.6) is 63.2 Å². The highest BCUT2D eigenvalue weighted by Crippen LogP contribution is 2.43. The first-order valence-corrected chi connectivity index (χ1v) is 44.4. The molecule has 37 nitrogen and oxygen atoms in total. The normalized spacial score (nSPS) is 10.7. The van der Waals surface area contributed by atoms with Crippen molar-refractivity contribution in [1.82, 2.24) is 64.8 Å². The summed E-state index contributed by atoms with van der Waals surface area (Å²) in [5.41, 5.74) is 11.0. The lowest BCUT2D eigenvalue weighted by Crippen LogP contribution is -2.30. The number of amides is 1. The molecule has 8 aromatic carbocycles. The number of nitro groups is 2. The van der Waals surface area contributed by atoms with E-state index in [1.54, 1.807) is 61.8 Å². The quantitative estimate of drug-likeness (QED) is 0.00439. The number of aromatic amines is 2. The molecule has 0 aliphatic heterocycles. The summed E-state index contributed by atoms with van der Waals surface area (Å²) >= 11 is 18.8. The summed E-state index contributed by atoms with van der Waals surface area (Å²) in [6.45, 7) is 20.8. The predicted molar refractivity (Wildman–Crippen MR) is 546 cm³/mol. The molecule has 10 aromatic rings. The minimum Gasteiger partial charge on any atom is -0.508 e. The van der Waals surface area contributed by atoms with E-state index in [1.165, 1.54) is 49.6 Å². The van der Waals surface area contributed by atoms with Crippen molar-refractivity contribution >= 4 is 103 Å². The van der Waals surface area contributed by atoms with Gasteiger partial charge < -0.3 is 104 Å². The van der Waals surface area contributed by atoms with Gasteiger partial charge in [0.2, 0.25) is 0 Å². The molecule has 0 radical (unpaired) electrons. The first-order valence-electron chi connectivity index (χ1n) is 42.4. The molecule has 2 heterocycles. The fourth-order valence-corrected chi connectivity index (χ4v) is 13.7. The molecule has 0 unspecified atom stereocenters. The van der Waals surface area contributed by atoms with E-state index < -0.39 is 15.8 Å². The zero-order valence-corrected chi connectivity index (χ0v) is 85.6. The number of hydrogen-bond acceptors (Lipinski definition) is 33. The fraction of sp³-hybridized carbons (Fsp3) is 0.419. The maximum Gasteiger partial charge on any atom is 0.271 e. The molecule has 0 fully saturated rings. The summed E-state index contributed by atoms with van der Waals surface area (Å²) in [4.78, 5) is 54.4. The minimum atomic E-state index is -0.589. The number of aromatic hydroxyl groups is 6. The van der Waals surface area contributed by atoms with Crippen molar-refractivity contribution in [2.45, 2.75) is 59.3 Å². The Hall–Kier alpha value is -12.3. The number of nitrogen functional groups attached to an aromatic ring is 1. The largest absolute Gasteiger partial charge is 0.508 e. The number of likely N-dealkylation sites (N-methyl/N-ethyl adjacent to an activating group) is 10. The van der Waals surface area contributed by atoms with Crippen LogP contribution < -0.4 is 59.9 Å². The van der Waals surface area contributed by atoms with Gasteiger partial charge in [0.1, 0.15) is 63.2 Å². The summed E-state index contributed by atoms with van der Waals surface area (Å²) in [6, 6.07) is 35.0. The molecule has 1 amide bonds. The van der Waals surface area contributed by atoms with Crippen molar-refractivity contribution in [3.63, 3.8) is 0 Å². The number of isothiocyanates is 1. The summed E-state index contributed by atoms with van der Waals surface area (Å²) in [5, 5.41) is 102. The van der Waals surface area contributed by atoms with Crippen LogP contribution >= 0.6 is 52.6 Å². The van der Waals surface area contributed by atoms with Gasteiger partial charge in [-0.3, -0.25) is 49.8 Å². The molecule has 0 aliphatic rings. The van der Waals surface area contributed by atoms with Crippen molar-refractivity contribution < 1.29 is 69.0 Å². The Labute approximate surface area is 809 Å². The molecular formula is C93H134BrN21O16S3. The summed E-state index contributed by atoms with van der Waals surface area (Å²) in [7, 11) is 38.3. The monoisotopic (exact) mass is 1980 g/mol. The van der Waals surface area contributed by atoms with Gasteiger partial charge in [0.05, 0.1) is 112 Å². The van der Waals surface area contributed by atoms with Gasteiger partial charge in [0, 0.05) is 136 Å². The van der Waals surface area contributed by atoms with Crippen LogP contribution in [0.1, 0.15) is 86.3 Å². The van der Waals surface area contributed by atoms with E-state index in [4.69, 9.17) is 54.0 Å². The third kappa shape index (κ3) is 34.3. The second kappa shape index (κ2) is 56.1. The Bertz CT molecular complexity index is 5380. The topological polar surface area (TPSA) is 430 Å². The molecular weight excluding hydrogens is 1840 g/mol. The molecule has 10 rings (SSSR count). The molecule has 2 aromatic heterocycles. The number of nitrogens with one attached hydrogen (secondary N) is 4. The van der Waals surface area contributed by atoms with E-state index in [2.05, 4.69) is 131 Å². The maximum atomic E-state index is 11.2. The molecule has 12 N–H and O–H groups in total. The number of H-pyrrole nitrogens is 2. The average Bonchev–Trinajstić information content (AvgIpc) is 1.62. The van der Waals surface area contributed by atoms with Gasteiger partial charge in [0.15, 0.2) is 21.2 Å². The molecule has 41 heteroatoms. The van der Waals surface area contributed by atoms with Crippen LogP contribution in [-0.2, 0) is 0 Å². The number of phenols is 6. The number of non-ortho nitro benzene ring substituents is 2. The standard InChI is InChI=1S/2C23H31N5O3S.C13H19N3OS.C12H19N3O3.C10H14N2O3.C7H6BrNO3.C5H14N2/c2*1-14(2)16-12-17(20(30)13-19(16)29)22-24-25-23(32)28(22)15-7-8-21(31-6)18(11-15)27(5)10-9-26(3)4;1-15(2)7-8-16(3)12-9-11(14-10-18)5-6-13(12)17-4;1-13(2)7-8-14(3)11-9-10(15(16)17)5-6-12(11)18-4;1-5(2)6-3-7(10(15)12-11)9(14)4-8(6)13;1-12-7-3-2-5(9(10)11)4-6(7)8;1-6-4-5-7(2)3/h2*7-8,11-14,29-30H,9-10H2,1-6H3,(H,25,32);2*5-6,9H,7-8H2,1-4H3;3-5,13-14H,11H2,1-2H3,(H,12,15);2-4H,1H3;6H,4-5H2,1-3H3. The van der Waals surface area contributed by atoms with E-state index in [0.29, 0.717) is 53.9 Å². The number of aromatic nitrogens is 6. The van der Waals surface area contributed by atoms with Gasteiger partial charge in [-0.2, -0.15) is 15.2 Å². The highest BCUT2D eigenvalue weighted by molar-refractivity contribution is 9.10. The molecule has 134 heavy (non-hydrogen) atoms. The Morgan fingerprint density at radius 3 is 1.10 bits per heavy atom. The Morgan fingerprint density at radius 1 is 0.463 bits per heavy atom. The maximum absolute atomic E-state index is 11.2. The van der Waals surface area contributed by atoms with E-state index in [1.807, 2.05) is 184 Å². The smallest absolute Gasteiger partial charge is 0.271 e. The number of nitrogens with two attached hydrogens (primary N) is 1. The Morgan fingerprint density at radius 2 is 0.784 bits per heavy atom. The van der Waals surface area contributed by atoms with Crippen LogP contribution in [0.15, 0.2) is 137 Å². The SMILES string of the molecule is CC(C)c1cc(C(=O)NN)c(O)cc1O.CNCCN(C)C.COc1ccc(-n2c(-c3cc(C(C)C)c(O)cc3O)n[nH]c2=S)cc1N(C)CCN(C)C.COc1ccc(-n2c(-c3cc(C(C)C)c(O)cc3O)n[nH]c2=S)cc1N(C)CCN(C)C.COc1ccc(N=C=S)cc1N(C)CCN(C)C.COc1ccc([N+](=O)[O-])cc1Br.COc1ccc([N+](=O)[O-])cc1N(C)CCN(C)C. The molecule has 0 bridgehead atoms. The van der Waals surface area contributed by atoms with Gasteiger partial charge in [-0.05, 0) is 249 Å². The molecule has 732 valence electrons. The van der Waals surface area contributed by atoms with Crippen molar-refractivity contribution in [3.05, 3.63) is 184 Å². The van der Waals surface area contributed by atoms with Crippen LogP contribution in [0.3, 0.4) is 0 Å². The average molecular weight is 1980 g/mol. The number of carbonyl (C=O) groups excluding carboxylic acids is 1. The fourth-order valence-electron chi connectivity index (χ4n) is 12.6. The molecule has 0 saturated heterocycles. The number of hydrogen-bond donors (Lipinski definition) is 11. The van der Waals surface area contributed by atoms with Crippen molar-refractivity contribution in [2.24, 2.45) is 10.8 Å². The molecule has 0 saturated carbocycles. The van der Waals surface area contributed by atoms with Crippen molar-refractivity contribution in [2.75, 3.05) is 226 Å². The molecule has 0 atom stereocenters. The number of benzene rings is 8. The number of carbonyl (C=O) groups is 1. The van der Waals surface area contributed by atoms with Gasteiger partial charge in [-0.25, -0.2) is 5.84 Å². The van der Waals surface area contributed by atoms with E-state index in [-0.39, 0.29) is 69.2 Å². The number of nitrogens with zero attached hydrogens (tertiary/aromatic N) is 16. The van der Waals surface area contributed by atoms with Crippen LogP contribution in [0.4, 0.5) is 39.8 Å². The Kier molecular flexibility index (Phi) is 47.7. The van der Waals surface area contributed by atoms with Crippen LogP contribution in [-0.4, -0.2) is 312 Å². The first kappa shape index (κ1) is 114. The first-order chi connectivity index (χ1) is 63.2. The number of phenolic OH excluding ortho intramolecular Hbond substituents is 6.